The van der Waals surface area contributed by atoms with Gasteiger partial charge in [-0.05, 0) is 18.6 Å². The van der Waals surface area contributed by atoms with Crippen LogP contribution in [0.2, 0.25) is 0 Å². The largest absolute Gasteiger partial charge is 0.469 e. The molecule has 0 amide bonds. The number of carbonyl (C=O) groups excluding carboxylic acids is 3. The minimum absolute atomic E-state index is 0.0121. The Morgan fingerprint density at radius 1 is 1.14 bits per heavy atom. The van der Waals surface area contributed by atoms with Crippen LogP contribution in [0.1, 0.15) is 28.8 Å². The third-order valence-electron chi connectivity index (χ3n) is 2.97. The van der Waals surface area contributed by atoms with Gasteiger partial charge >= 0.3 is 11.9 Å². The number of rotatable bonds is 6. The van der Waals surface area contributed by atoms with Gasteiger partial charge in [0.05, 0.1) is 25.9 Å². The summed E-state index contributed by atoms with van der Waals surface area (Å²) < 4.78 is 9.09. The Balaban J connectivity index is 2.91. The molecule has 0 spiro atoms. The van der Waals surface area contributed by atoms with Gasteiger partial charge in [-0.1, -0.05) is 12.1 Å². The number of esters is 2. The monoisotopic (exact) mass is 289 g/mol. The number of nitriles is 1. The van der Waals surface area contributed by atoms with Crippen molar-refractivity contribution >= 4 is 17.7 Å². The SMILES string of the molecule is COC(=O)CCC(C(=O)OC)C(=O)c1ccc(C#N)cc1. The van der Waals surface area contributed by atoms with Gasteiger partial charge in [0.1, 0.15) is 5.92 Å². The van der Waals surface area contributed by atoms with Gasteiger partial charge in [0.25, 0.3) is 0 Å². The number of Topliss-reactive ketones (excluding diaryl/α,β-unsaturated/α-hetero) is 1. The molecule has 6 nitrogen and oxygen atoms in total. The first-order valence-electron chi connectivity index (χ1n) is 6.22. The molecular formula is C15H15NO5. The predicted octanol–water partition coefficient (Wildman–Crippen LogP) is 1.48. The van der Waals surface area contributed by atoms with Gasteiger partial charge < -0.3 is 9.47 Å². The molecular weight excluding hydrogens is 274 g/mol. The predicted molar refractivity (Wildman–Crippen MR) is 72.2 cm³/mol. The Kier molecular flexibility index (Phi) is 6.08. The minimum atomic E-state index is -1.07. The summed E-state index contributed by atoms with van der Waals surface area (Å²) in [6.45, 7) is 0. The highest BCUT2D eigenvalue weighted by Gasteiger charge is 2.29. The Morgan fingerprint density at radius 2 is 1.76 bits per heavy atom. The molecule has 1 unspecified atom stereocenters. The average Bonchev–Trinajstić information content (AvgIpc) is 2.54. The quantitative estimate of drug-likeness (QED) is 0.447. The van der Waals surface area contributed by atoms with E-state index in [1.165, 1.54) is 38.5 Å². The van der Waals surface area contributed by atoms with Crippen molar-refractivity contribution in [1.82, 2.24) is 0 Å². The van der Waals surface area contributed by atoms with Crippen LogP contribution < -0.4 is 0 Å². The molecule has 21 heavy (non-hydrogen) atoms. The van der Waals surface area contributed by atoms with Gasteiger partial charge in [0.2, 0.25) is 0 Å². The maximum Gasteiger partial charge on any atom is 0.316 e. The van der Waals surface area contributed by atoms with Gasteiger partial charge in [0, 0.05) is 12.0 Å². The standard InChI is InChI=1S/C15H15NO5/c1-20-13(17)8-7-12(15(19)21-2)14(18)11-5-3-10(9-16)4-6-11/h3-6,12H,7-8H2,1-2H3. The van der Waals surface area contributed by atoms with Crippen LogP contribution in [0.25, 0.3) is 0 Å². The van der Waals surface area contributed by atoms with Crippen LogP contribution in [-0.4, -0.2) is 31.9 Å². The van der Waals surface area contributed by atoms with Crippen molar-refractivity contribution in [3.63, 3.8) is 0 Å². The van der Waals surface area contributed by atoms with Gasteiger partial charge in [-0.2, -0.15) is 5.26 Å². The fraction of sp³-hybridized carbons (Fsp3) is 0.333. The average molecular weight is 289 g/mol. The van der Waals surface area contributed by atoms with Gasteiger partial charge in [0.15, 0.2) is 5.78 Å². The first-order chi connectivity index (χ1) is 10.0. The van der Waals surface area contributed by atoms with E-state index in [0.717, 1.165) is 0 Å². The van der Waals surface area contributed by atoms with E-state index in [4.69, 9.17) is 5.26 Å². The zero-order chi connectivity index (χ0) is 15.8. The second-order valence-corrected chi connectivity index (χ2v) is 4.24. The molecule has 0 radical (unpaired) electrons. The van der Waals surface area contributed by atoms with Crippen LogP contribution in [0.4, 0.5) is 0 Å². The summed E-state index contributed by atoms with van der Waals surface area (Å²) in [7, 11) is 2.41. The fourth-order valence-corrected chi connectivity index (χ4v) is 1.77. The number of ether oxygens (including phenoxy) is 2. The normalized spacial score (nSPS) is 11.1. The van der Waals surface area contributed by atoms with Crippen molar-refractivity contribution < 1.29 is 23.9 Å². The van der Waals surface area contributed by atoms with Crippen LogP contribution in [0.5, 0.6) is 0 Å². The molecule has 1 rings (SSSR count). The number of carbonyl (C=O) groups is 3. The molecule has 1 aromatic carbocycles. The number of ketones is 1. The van der Waals surface area contributed by atoms with E-state index in [0.29, 0.717) is 5.56 Å². The molecule has 0 bridgehead atoms. The Labute approximate surface area is 122 Å². The summed E-state index contributed by atoms with van der Waals surface area (Å²) in [6, 6.07) is 7.85. The van der Waals surface area contributed by atoms with Crippen molar-refractivity contribution in [3.8, 4) is 6.07 Å². The maximum atomic E-state index is 12.3. The number of hydrogen-bond donors (Lipinski definition) is 0. The van der Waals surface area contributed by atoms with Gasteiger partial charge in [-0.15, -0.1) is 0 Å². The van der Waals surface area contributed by atoms with E-state index in [2.05, 4.69) is 9.47 Å². The number of methoxy groups -OCH3 is 2. The van der Waals surface area contributed by atoms with E-state index in [-0.39, 0.29) is 18.4 Å². The van der Waals surface area contributed by atoms with E-state index in [1.54, 1.807) is 0 Å². The third kappa shape index (κ3) is 4.42. The van der Waals surface area contributed by atoms with Gasteiger partial charge in [-0.3, -0.25) is 14.4 Å². The molecule has 6 heteroatoms. The second-order valence-electron chi connectivity index (χ2n) is 4.24. The molecule has 0 aromatic heterocycles. The lowest BCUT2D eigenvalue weighted by Crippen LogP contribution is -2.26. The number of nitrogens with zero attached hydrogens (tertiary/aromatic N) is 1. The Morgan fingerprint density at radius 3 is 2.24 bits per heavy atom. The smallest absolute Gasteiger partial charge is 0.316 e. The zero-order valence-corrected chi connectivity index (χ0v) is 11.8. The van der Waals surface area contributed by atoms with Crippen molar-refractivity contribution in [1.29, 1.82) is 5.26 Å². The highest BCUT2D eigenvalue weighted by atomic mass is 16.5. The zero-order valence-electron chi connectivity index (χ0n) is 11.8. The fourth-order valence-electron chi connectivity index (χ4n) is 1.77. The number of hydrogen-bond acceptors (Lipinski definition) is 6. The summed E-state index contributed by atoms with van der Waals surface area (Å²) in [5, 5.41) is 8.71. The lowest BCUT2D eigenvalue weighted by atomic mass is 9.93. The van der Waals surface area contributed by atoms with Crippen molar-refractivity contribution in [2.75, 3.05) is 14.2 Å². The minimum Gasteiger partial charge on any atom is -0.469 e. The second kappa shape index (κ2) is 7.80. The molecule has 110 valence electrons. The molecule has 0 aliphatic heterocycles. The molecule has 0 aliphatic rings. The topological polar surface area (TPSA) is 93.5 Å². The summed E-state index contributed by atoms with van der Waals surface area (Å²) in [5.74, 6) is -2.72. The molecule has 0 N–H and O–H groups in total. The highest BCUT2D eigenvalue weighted by molar-refractivity contribution is 6.08. The third-order valence-corrected chi connectivity index (χ3v) is 2.97. The van der Waals surface area contributed by atoms with Crippen LogP contribution in [0.3, 0.4) is 0 Å². The Hall–Kier alpha value is -2.68. The van der Waals surface area contributed by atoms with Crippen molar-refractivity contribution in [2.45, 2.75) is 12.8 Å². The van der Waals surface area contributed by atoms with Crippen molar-refractivity contribution in [2.24, 2.45) is 5.92 Å². The molecule has 1 aromatic rings. The maximum absolute atomic E-state index is 12.3. The highest BCUT2D eigenvalue weighted by Crippen LogP contribution is 2.17. The molecule has 0 saturated carbocycles. The summed E-state index contributed by atoms with van der Waals surface area (Å²) in [6.07, 6.45) is -0.0452. The van der Waals surface area contributed by atoms with Crippen LogP contribution in [0, 0.1) is 17.2 Å². The molecule has 0 aliphatic carbocycles. The summed E-state index contributed by atoms with van der Waals surface area (Å²) in [4.78, 5) is 35.2. The van der Waals surface area contributed by atoms with E-state index in [9.17, 15) is 14.4 Å². The van der Waals surface area contributed by atoms with E-state index >= 15 is 0 Å². The lowest BCUT2D eigenvalue weighted by molar-refractivity contribution is -0.145. The van der Waals surface area contributed by atoms with Crippen LogP contribution in [0.15, 0.2) is 24.3 Å². The van der Waals surface area contributed by atoms with E-state index < -0.39 is 23.6 Å². The van der Waals surface area contributed by atoms with E-state index in [1.807, 2.05) is 6.07 Å². The first kappa shape index (κ1) is 16.4. The summed E-state index contributed by atoms with van der Waals surface area (Å²) >= 11 is 0. The lowest BCUT2D eigenvalue weighted by Gasteiger charge is -2.13. The summed E-state index contributed by atoms with van der Waals surface area (Å²) in [5.41, 5.74) is 0.699. The first-order valence-corrected chi connectivity index (χ1v) is 6.22. The number of benzene rings is 1. The molecule has 0 saturated heterocycles. The Bertz CT molecular complexity index is 571. The molecule has 0 heterocycles. The molecule has 0 fully saturated rings. The van der Waals surface area contributed by atoms with Crippen LogP contribution in [-0.2, 0) is 19.1 Å². The molecule has 1 atom stereocenters. The van der Waals surface area contributed by atoms with Crippen molar-refractivity contribution in [3.05, 3.63) is 35.4 Å². The van der Waals surface area contributed by atoms with Gasteiger partial charge in [-0.25, -0.2) is 0 Å². The van der Waals surface area contributed by atoms with Crippen LogP contribution >= 0.6 is 0 Å².